The van der Waals surface area contributed by atoms with Gasteiger partial charge in [0.05, 0.1) is 6.10 Å². The van der Waals surface area contributed by atoms with Crippen molar-refractivity contribution in [2.45, 2.75) is 26.0 Å². The van der Waals surface area contributed by atoms with Gasteiger partial charge in [-0.05, 0) is 37.0 Å². The molecule has 1 saturated heterocycles. The van der Waals surface area contributed by atoms with Crippen molar-refractivity contribution in [3.8, 4) is 0 Å². The number of nitrogens with one attached hydrogen (secondary N) is 1. The predicted octanol–water partition coefficient (Wildman–Crippen LogP) is 2.85. The molecule has 2 unspecified atom stereocenters. The standard InChI is InChI=1S/C13H18ClNO/c1-10-12(5-6-16-10)9-15-8-11-3-2-4-13(14)7-11/h2-4,7,10,12,15H,5-6,8-9H2,1H3. The van der Waals surface area contributed by atoms with Gasteiger partial charge in [-0.3, -0.25) is 0 Å². The van der Waals surface area contributed by atoms with Crippen molar-refractivity contribution in [3.05, 3.63) is 34.9 Å². The molecule has 1 fully saturated rings. The number of benzene rings is 1. The zero-order valence-electron chi connectivity index (χ0n) is 9.58. The summed E-state index contributed by atoms with van der Waals surface area (Å²) in [6.45, 7) is 4.96. The van der Waals surface area contributed by atoms with Gasteiger partial charge in [-0.1, -0.05) is 23.7 Å². The Bertz CT molecular complexity index is 342. The van der Waals surface area contributed by atoms with Crippen LogP contribution in [0.2, 0.25) is 5.02 Å². The number of rotatable bonds is 4. The van der Waals surface area contributed by atoms with Crippen molar-refractivity contribution < 1.29 is 4.74 Å². The molecule has 0 aliphatic carbocycles. The molecule has 0 bridgehead atoms. The molecule has 0 amide bonds. The molecule has 0 spiro atoms. The van der Waals surface area contributed by atoms with E-state index in [2.05, 4.69) is 18.3 Å². The van der Waals surface area contributed by atoms with Gasteiger partial charge in [0.2, 0.25) is 0 Å². The fourth-order valence-corrected chi connectivity index (χ4v) is 2.31. The molecule has 2 rings (SSSR count). The number of ether oxygens (including phenoxy) is 1. The molecule has 3 heteroatoms. The van der Waals surface area contributed by atoms with E-state index in [1.54, 1.807) is 0 Å². The van der Waals surface area contributed by atoms with E-state index in [-0.39, 0.29) is 0 Å². The van der Waals surface area contributed by atoms with Gasteiger partial charge in [-0.2, -0.15) is 0 Å². The lowest BCUT2D eigenvalue weighted by molar-refractivity contribution is 0.105. The molecule has 88 valence electrons. The molecular weight excluding hydrogens is 222 g/mol. The van der Waals surface area contributed by atoms with Crippen molar-refractivity contribution >= 4 is 11.6 Å². The molecule has 2 atom stereocenters. The lowest BCUT2D eigenvalue weighted by atomic mass is 10.0. The fourth-order valence-electron chi connectivity index (χ4n) is 2.09. The maximum atomic E-state index is 5.93. The quantitative estimate of drug-likeness (QED) is 0.873. The second kappa shape index (κ2) is 5.67. The van der Waals surface area contributed by atoms with Gasteiger partial charge in [-0.25, -0.2) is 0 Å². The van der Waals surface area contributed by atoms with E-state index < -0.39 is 0 Å². The van der Waals surface area contributed by atoms with E-state index >= 15 is 0 Å². The molecule has 0 saturated carbocycles. The number of halogens is 1. The molecule has 1 heterocycles. The van der Waals surface area contributed by atoms with Gasteiger partial charge in [0.15, 0.2) is 0 Å². The Kier molecular flexibility index (Phi) is 4.22. The summed E-state index contributed by atoms with van der Waals surface area (Å²) in [4.78, 5) is 0. The summed E-state index contributed by atoms with van der Waals surface area (Å²) in [6.07, 6.45) is 1.57. The van der Waals surface area contributed by atoms with Crippen LogP contribution < -0.4 is 5.32 Å². The monoisotopic (exact) mass is 239 g/mol. The van der Waals surface area contributed by atoms with Gasteiger partial charge in [0.25, 0.3) is 0 Å². The lowest BCUT2D eigenvalue weighted by Crippen LogP contribution is -2.26. The van der Waals surface area contributed by atoms with Crippen LogP contribution in [0.3, 0.4) is 0 Å². The SMILES string of the molecule is CC1OCCC1CNCc1cccc(Cl)c1. The maximum absolute atomic E-state index is 5.93. The molecule has 1 aliphatic heterocycles. The van der Waals surface area contributed by atoms with E-state index in [0.717, 1.165) is 24.7 Å². The summed E-state index contributed by atoms with van der Waals surface area (Å²) < 4.78 is 5.53. The molecule has 1 aromatic carbocycles. The second-order valence-electron chi connectivity index (χ2n) is 4.39. The van der Waals surface area contributed by atoms with Crippen LogP contribution in [0.1, 0.15) is 18.9 Å². The normalized spacial score (nSPS) is 24.9. The Balaban J connectivity index is 1.75. The van der Waals surface area contributed by atoms with E-state index in [1.807, 2.05) is 18.2 Å². The molecular formula is C13H18ClNO. The third-order valence-electron chi connectivity index (χ3n) is 3.16. The highest BCUT2D eigenvalue weighted by molar-refractivity contribution is 6.30. The minimum atomic E-state index is 0.395. The average molecular weight is 240 g/mol. The van der Waals surface area contributed by atoms with E-state index in [4.69, 9.17) is 16.3 Å². The highest BCUT2D eigenvalue weighted by Crippen LogP contribution is 2.19. The fraction of sp³-hybridized carbons (Fsp3) is 0.538. The molecule has 0 radical (unpaired) electrons. The topological polar surface area (TPSA) is 21.3 Å². The molecule has 1 aliphatic rings. The summed E-state index contributed by atoms with van der Waals surface area (Å²) in [5, 5.41) is 4.27. The van der Waals surface area contributed by atoms with Crippen LogP contribution in [0.25, 0.3) is 0 Å². The van der Waals surface area contributed by atoms with Crippen LogP contribution >= 0.6 is 11.6 Å². The van der Waals surface area contributed by atoms with Crippen molar-refractivity contribution in [1.82, 2.24) is 5.32 Å². The second-order valence-corrected chi connectivity index (χ2v) is 4.82. The first-order valence-corrected chi connectivity index (χ1v) is 6.20. The highest BCUT2D eigenvalue weighted by atomic mass is 35.5. The minimum absolute atomic E-state index is 0.395. The predicted molar refractivity (Wildman–Crippen MR) is 66.7 cm³/mol. The number of hydrogen-bond acceptors (Lipinski definition) is 2. The lowest BCUT2D eigenvalue weighted by Gasteiger charge is -2.14. The first-order chi connectivity index (χ1) is 7.75. The smallest absolute Gasteiger partial charge is 0.0588 e. The Morgan fingerprint density at radius 2 is 2.38 bits per heavy atom. The van der Waals surface area contributed by atoms with Crippen LogP contribution in [0.5, 0.6) is 0 Å². The Labute approximate surface area is 102 Å². The van der Waals surface area contributed by atoms with Crippen molar-refractivity contribution in [2.24, 2.45) is 5.92 Å². The third-order valence-corrected chi connectivity index (χ3v) is 3.39. The summed E-state index contributed by atoms with van der Waals surface area (Å²) >= 11 is 5.93. The van der Waals surface area contributed by atoms with Crippen LogP contribution in [-0.4, -0.2) is 19.3 Å². The van der Waals surface area contributed by atoms with Crippen molar-refractivity contribution in [1.29, 1.82) is 0 Å². The molecule has 1 N–H and O–H groups in total. The van der Waals surface area contributed by atoms with Crippen molar-refractivity contribution in [2.75, 3.05) is 13.2 Å². The Morgan fingerprint density at radius 1 is 1.50 bits per heavy atom. The number of hydrogen-bond donors (Lipinski definition) is 1. The van der Waals surface area contributed by atoms with Gasteiger partial charge >= 0.3 is 0 Å². The van der Waals surface area contributed by atoms with Crippen LogP contribution in [-0.2, 0) is 11.3 Å². The van der Waals surface area contributed by atoms with Gasteiger partial charge < -0.3 is 10.1 Å². The van der Waals surface area contributed by atoms with Crippen LogP contribution in [0.4, 0.5) is 0 Å². The molecule has 0 aromatic heterocycles. The van der Waals surface area contributed by atoms with Gasteiger partial charge in [0.1, 0.15) is 0 Å². The summed E-state index contributed by atoms with van der Waals surface area (Å²) in [6, 6.07) is 7.98. The summed E-state index contributed by atoms with van der Waals surface area (Å²) in [7, 11) is 0. The largest absolute Gasteiger partial charge is 0.378 e. The van der Waals surface area contributed by atoms with Gasteiger partial charge in [0, 0.05) is 24.7 Å². The van der Waals surface area contributed by atoms with Crippen LogP contribution in [0.15, 0.2) is 24.3 Å². The van der Waals surface area contributed by atoms with Crippen LogP contribution in [0, 0.1) is 5.92 Å². The molecule has 16 heavy (non-hydrogen) atoms. The first kappa shape index (κ1) is 11.9. The van der Waals surface area contributed by atoms with Gasteiger partial charge in [-0.15, -0.1) is 0 Å². The third kappa shape index (κ3) is 3.21. The molecule has 1 aromatic rings. The highest BCUT2D eigenvalue weighted by Gasteiger charge is 2.23. The van der Waals surface area contributed by atoms with E-state index in [1.165, 1.54) is 12.0 Å². The van der Waals surface area contributed by atoms with E-state index in [9.17, 15) is 0 Å². The Hall–Kier alpha value is -0.570. The first-order valence-electron chi connectivity index (χ1n) is 5.82. The summed E-state index contributed by atoms with van der Waals surface area (Å²) in [5.74, 6) is 0.652. The maximum Gasteiger partial charge on any atom is 0.0588 e. The average Bonchev–Trinajstić information content (AvgIpc) is 2.65. The minimum Gasteiger partial charge on any atom is -0.378 e. The van der Waals surface area contributed by atoms with Crippen molar-refractivity contribution in [3.63, 3.8) is 0 Å². The van der Waals surface area contributed by atoms with E-state index in [0.29, 0.717) is 12.0 Å². The Morgan fingerprint density at radius 3 is 3.06 bits per heavy atom. The zero-order chi connectivity index (χ0) is 11.4. The zero-order valence-corrected chi connectivity index (χ0v) is 10.3. The molecule has 2 nitrogen and oxygen atoms in total. The summed E-state index contributed by atoms with van der Waals surface area (Å²) in [5.41, 5.74) is 1.24.